The summed E-state index contributed by atoms with van der Waals surface area (Å²) >= 11 is 12.4. The van der Waals surface area contributed by atoms with Gasteiger partial charge in [-0.25, -0.2) is 0 Å². The number of nitrogens with zero attached hydrogens (tertiary/aromatic N) is 2. The summed E-state index contributed by atoms with van der Waals surface area (Å²) < 4.78 is 0. The van der Waals surface area contributed by atoms with Crippen molar-refractivity contribution in [3.63, 3.8) is 0 Å². The summed E-state index contributed by atoms with van der Waals surface area (Å²) in [6.07, 6.45) is 3.89. The average molecular weight is 417 g/mol. The van der Waals surface area contributed by atoms with Gasteiger partial charge in [0.25, 0.3) is 0 Å². The van der Waals surface area contributed by atoms with E-state index in [1.165, 1.54) is 0 Å². The molecule has 148 valence electrons. The normalized spacial score (nSPS) is 12.7. The maximum Gasteiger partial charge on any atom is 0.193 e. The van der Waals surface area contributed by atoms with Crippen molar-refractivity contribution in [3.8, 4) is 0 Å². The molecular weight excluding hydrogens is 391 g/mol. The molecule has 0 radical (unpaired) electrons. The summed E-state index contributed by atoms with van der Waals surface area (Å²) in [6, 6.07) is 14.8. The van der Waals surface area contributed by atoms with Crippen molar-refractivity contribution in [1.29, 1.82) is 0 Å². The van der Waals surface area contributed by atoms with Gasteiger partial charge >= 0.3 is 0 Å². The minimum atomic E-state index is -0.0479. The van der Waals surface area contributed by atoms with Gasteiger partial charge in [0.2, 0.25) is 0 Å². The highest BCUT2D eigenvalue weighted by molar-refractivity contribution is 6.42. The predicted molar refractivity (Wildman–Crippen MR) is 121 cm³/mol. The first-order chi connectivity index (χ1) is 13.3. The zero-order valence-electron chi connectivity index (χ0n) is 16.7. The Balaban J connectivity index is 2.55. The smallest absolute Gasteiger partial charge is 0.193 e. The molecule has 0 heterocycles. The Bertz CT molecular complexity index is 814. The molecule has 0 aliphatic carbocycles. The van der Waals surface area contributed by atoms with Gasteiger partial charge in [-0.3, -0.25) is 4.79 Å². The summed E-state index contributed by atoms with van der Waals surface area (Å²) in [4.78, 5) is 17.7. The van der Waals surface area contributed by atoms with Gasteiger partial charge in [0.15, 0.2) is 5.78 Å². The van der Waals surface area contributed by atoms with E-state index in [0.29, 0.717) is 34.3 Å². The van der Waals surface area contributed by atoms with Crippen LogP contribution in [0.2, 0.25) is 10.0 Å². The predicted octanol–water partition coefficient (Wildman–Crippen LogP) is 5.15. The molecule has 0 fully saturated rings. The molecule has 0 unspecified atom stereocenters. The van der Waals surface area contributed by atoms with Crippen molar-refractivity contribution in [2.45, 2.75) is 0 Å². The number of Topliss-reactive ketones (excluding diaryl/α,β-unsaturated/α-hetero) is 1. The fourth-order valence-electron chi connectivity index (χ4n) is 2.69. The molecule has 2 aromatic rings. The third-order valence-electron chi connectivity index (χ3n) is 4.08. The second-order valence-electron chi connectivity index (χ2n) is 7.11. The van der Waals surface area contributed by atoms with E-state index in [4.69, 9.17) is 23.2 Å². The minimum absolute atomic E-state index is 0.0479. The van der Waals surface area contributed by atoms with Crippen LogP contribution in [0, 0.1) is 0 Å². The summed E-state index contributed by atoms with van der Waals surface area (Å²) in [5, 5.41) is 1.20. The second-order valence-corrected chi connectivity index (χ2v) is 7.98. The Labute approximate surface area is 177 Å². The van der Waals surface area contributed by atoms with Crippen LogP contribution in [-0.2, 0) is 4.79 Å². The maximum atomic E-state index is 13.6. The number of hydrogen-bond donors (Lipinski definition) is 0. The number of ketones is 1. The molecule has 3 nitrogen and oxygen atoms in total. The van der Waals surface area contributed by atoms with Gasteiger partial charge in [0.05, 0.1) is 0 Å². The summed E-state index contributed by atoms with van der Waals surface area (Å²) in [5.74, 6) is -0.0479. The van der Waals surface area contributed by atoms with Crippen molar-refractivity contribution in [3.05, 3.63) is 81.9 Å². The fourth-order valence-corrected chi connectivity index (χ4v) is 3.07. The van der Waals surface area contributed by atoms with E-state index < -0.39 is 0 Å². The number of rotatable bonds is 8. The van der Waals surface area contributed by atoms with Crippen molar-refractivity contribution in [1.82, 2.24) is 9.80 Å². The van der Waals surface area contributed by atoms with Crippen LogP contribution < -0.4 is 0 Å². The maximum absolute atomic E-state index is 13.6. The van der Waals surface area contributed by atoms with Gasteiger partial charge in [-0.05, 0) is 63.6 Å². The SMILES string of the molecule is CN(C)CC=C(C(=O)C(=CCN(C)C)c1cccc(Cl)c1)c1cccc(Cl)c1. The molecule has 0 saturated heterocycles. The van der Waals surface area contributed by atoms with Crippen molar-refractivity contribution in [2.24, 2.45) is 0 Å². The Kier molecular flexibility index (Phi) is 8.46. The van der Waals surface area contributed by atoms with Crippen LogP contribution in [-0.4, -0.2) is 56.9 Å². The van der Waals surface area contributed by atoms with Crippen LogP contribution in [0.1, 0.15) is 11.1 Å². The van der Waals surface area contributed by atoms with Crippen molar-refractivity contribution >= 4 is 40.1 Å². The van der Waals surface area contributed by atoms with E-state index in [-0.39, 0.29) is 5.78 Å². The highest BCUT2D eigenvalue weighted by Crippen LogP contribution is 2.28. The lowest BCUT2D eigenvalue weighted by molar-refractivity contribution is -0.108. The van der Waals surface area contributed by atoms with Gasteiger partial charge in [-0.2, -0.15) is 0 Å². The van der Waals surface area contributed by atoms with Crippen LogP contribution in [0.25, 0.3) is 11.1 Å². The van der Waals surface area contributed by atoms with E-state index in [1.54, 1.807) is 12.1 Å². The lowest BCUT2D eigenvalue weighted by atomic mass is 9.91. The number of carbonyl (C=O) groups is 1. The average Bonchev–Trinajstić information content (AvgIpc) is 2.61. The molecule has 0 atom stereocenters. The molecule has 0 amide bonds. The molecule has 0 aromatic heterocycles. The zero-order valence-corrected chi connectivity index (χ0v) is 18.3. The molecule has 0 aliphatic heterocycles. The molecule has 28 heavy (non-hydrogen) atoms. The van der Waals surface area contributed by atoms with Gasteiger partial charge in [-0.15, -0.1) is 0 Å². The van der Waals surface area contributed by atoms with Crippen LogP contribution in [0.5, 0.6) is 0 Å². The second kappa shape index (κ2) is 10.6. The molecule has 5 heteroatoms. The van der Waals surface area contributed by atoms with Gasteiger partial charge in [0, 0.05) is 34.3 Å². The summed E-state index contributed by atoms with van der Waals surface area (Å²) in [5.41, 5.74) is 2.86. The van der Waals surface area contributed by atoms with E-state index >= 15 is 0 Å². The fraction of sp³-hybridized carbons (Fsp3) is 0.261. The molecule has 0 saturated carbocycles. The molecule has 0 spiro atoms. The molecular formula is C23H26Cl2N2O. The largest absolute Gasteiger partial charge is 0.306 e. The number of carbonyl (C=O) groups excluding carboxylic acids is 1. The molecule has 0 N–H and O–H groups in total. The number of likely N-dealkylation sites (N-methyl/N-ethyl adjacent to an activating group) is 2. The third-order valence-corrected chi connectivity index (χ3v) is 4.55. The third kappa shape index (κ3) is 6.61. The molecule has 2 rings (SSSR count). The number of hydrogen-bond acceptors (Lipinski definition) is 3. The number of halogens is 2. The van der Waals surface area contributed by atoms with Crippen molar-refractivity contribution < 1.29 is 4.79 Å². The van der Waals surface area contributed by atoms with Crippen LogP contribution in [0.3, 0.4) is 0 Å². The van der Waals surface area contributed by atoms with E-state index in [2.05, 4.69) is 0 Å². The van der Waals surface area contributed by atoms with Crippen LogP contribution >= 0.6 is 23.2 Å². The summed E-state index contributed by atoms with van der Waals surface area (Å²) in [7, 11) is 7.87. The Hall–Kier alpha value is -1.91. The number of benzene rings is 2. The first-order valence-corrected chi connectivity index (χ1v) is 9.80. The number of allylic oxidation sites excluding steroid dienone is 2. The van der Waals surface area contributed by atoms with Gasteiger partial charge in [-0.1, -0.05) is 59.6 Å². The standard InChI is InChI=1S/C23H26Cl2N2O/c1-26(2)13-11-21(17-7-5-9-19(24)15-17)23(28)22(12-14-27(3)4)18-8-6-10-20(25)16-18/h5-12,15-16H,13-14H2,1-4H3. The minimum Gasteiger partial charge on any atom is -0.306 e. The Morgan fingerprint density at radius 2 is 1.18 bits per heavy atom. The highest BCUT2D eigenvalue weighted by atomic mass is 35.5. The van der Waals surface area contributed by atoms with Crippen LogP contribution in [0.15, 0.2) is 60.7 Å². The van der Waals surface area contributed by atoms with Gasteiger partial charge in [0.1, 0.15) is 0 Å². The molecule has 2 aromatic carbocycles. The Morgan fingerprint density at radius 3 is 1.50 bits per heavy atom. The monoisotopic (exact) mass is 416 g/mol. The van der Waals surface area contributed by atoms with Crippen molar-refractivity contribution in [2.75, 3.05) is 41.3 Å². The Morgan fingerprint density at radius 1 is 0.786 bits per heavy atom. The quantitative estimate of drug-likeness (QED) is 0.555. The zero-order chi connectivity index (χ0) is 20.7. The summed E-state index contributed by atoms with van der Waals surface area (Å²) in [6.45, 7) is 1.29. The highest BCUT2D eigenvalue weighted by Gasteiger charge is 2.19. The first-order valence-electron chi connectivity index (χ1n) is 9.04. The van der Waals surface area contributed by atoms with E-state index in [1.807, 2.05) is 86.5 Å². The lowest BCUT2D eigenvalue weighted by Gasteiger charge is -2.15. The topological polar surface area (TPSA) is 23.6 Å². The van der Waals surface area contributed by atoms with Crippen LogP contribution in [0.4, 0.5) is 0 Å². The van der Waals surface area contributed by atoms with Gasteiger partial charge < -0.3 is 9.80 Å². The molecule has 0 bridgehead atoms. The van der Waals surface area contributed by atoms with E-state index in [9.17, 15) is 4.79 Å². The lowest BCUT2D eigenvalue weighted by Crippen LogP contribution is -2.15. The first kappa shape index (κ1) is 22.4. The molecule has 0 aliphatic rings. The van der Waals surface area contributed by atoms with E-state index in [0.717, 1.165) is 11.1 Å².